The molecule has 0 atom stereocenters. The van der Waals surface area contributed by atoms with Crippen molar-refractivity contribution in [1.29, 1.82) is 0 Å². The van der Waals surface area contributed by atoms with Crippen molar-refractivity contribution in [3.63, 3.8) is 0 Å². The highest BCUT2D eigenvalue weighted by atomic mass is 32.1. The molecule has 0 saturated carbocycles. The first-order chi connectivity index (χ1) is 11.3. The SMILES string of the molecule is Cc1ccsc1N(c1ccccc1)c1ccc2ccccc2c1. The molecule has 0 N–H and O–H groups in total. The fourth-order valence-corrected chi connectivity index (χ4v) is 3.84. The van der Waals surface area contributed by atoms with Crippen molar-refractivity contribution in [3.05, 3.63) is 89.8 Å². The van der Waals surface area contributed by atoms with Crippen LogP contribution in [0.15, 0.2) is 84.2 Å². The second-order valence-electron chi connectivity index (χ2n) is 5.61. The lowest BCUT2D eigenvalue weighted by Crippen LogP contribution is -2.09. The van der Waals surface area contributed by atoms with E-state index in [-0.39, 0.29) is 0 Å². The van der Waals surface area contributed by atoms with Gasteiger partial charge in [0.05, 0.1) is 0 Å². The normalized spacial score (nSPS) is 10.8. The minimum atomic E-state index is 1.19. The molecule has 1 aromatic heterocycles. The molecular formula is C21H17NS. The van der Waals surface area contributed by atoms with Gasteiger partial charge in [-0.3, -0.25) is 0 Å². The zero-order valence-electron chi connectivity index (χ0n) is 12.9. The van der Waals surface area contributed by atoms with Crippen LogP contribution in [0.4, 0.5) is 16.4 Å². The summed E-state index contributed by atoms with van der Waals surface area (Å²) in [5.74, 6) is 0. The van der Waals surface area contributed by atoms with E-state index in [1.807, 2.05) is 0 Å². The Morgan fingerprint density at radius 3 is 2.17 bits per heavy atom. The van der Waals surface area contributed by atoms with Crippen LogP contribution in [0.1, 0.15) is 5.56 Å². The highest BCUT2D eigenvalue weighted by Gasteiger charge is 2.15. The van der Waals surface area contributed by atoms with Gasteiger partial charge >= 0.3 is 0 Å². The van der Waals surface area contributed by atoms with Gasteiger partial charge < -0.3 is 4.90 Å². The number of hydrogen-bond acceptors (Lipinski definition) is 2. The lowest BCUT2D eigenvalue weighted by Gasteiger charge is -2.25. The summed E-state index contributed by atoms with van der Waals surface area (Å²) < 4.78 is 0. The van der Waals surface area contributed by atoms with E-state index in [9.17, 15) is 0 Å². The predicted molar refractivity (Wildman–Crippen MR) is 101 cm³/mol. The Morgan fingerprint density at radius 2 is 1.43 bits per heavy atom. The number of thiophene rings is 1. The maximum absolute atomic E-state index is 2.34. The second kappa shape index (κ2) is 5.90. The van der Waals surface area contributed by atoms with Gasteiger partial charge in [0, 0.05) is 11.4 Å². The van der Waals surface area contributed by atoms with Crippen LogP contribution in [0.3, 0.4) is 0 Å². The molecule has 0 radical (unpaired) electrons. The van der Waals surface area contributed by atoms with E-state index in [0.717, 1.165) is 0 Å². The molecule has 3 aromatic carbocycles. The van der Waals surface area contributed by atoms with Gasteiger partial charge in [-0.2, -0.15) is 0 Å². The molecule has 0 fully saturated rings. The van der Waals surface area contributed by atoms with Gasteiger partial charge in [0.15, 0.2) is 0 Å². The van der Waals surface area contributed by atoms with Gasteiger partial charge in [-0.05, 0) is 59.0 Å². The third-order valence-electron chi connectivity index (χ3n) is 4.04. The quantitative estimate of drug-likeness (QED) is 0.407. The predicted octanol–water partition coefficient (Wildman–Crippen LogP) is 6.68. The molecule has 112 valence electrons. The molecule has 0 unspecified atom stereocenters. The first kappa shape index (κ1) is 14.0. The molecule has 1 nitrogen and oxygen atoms in total. The molecule has 0 aliphatic heterocycles. The molecule has 0 aliphatic rings. The first-order valence-electron chi connectivity index (χ1n) is 7.71. The summed E-state index contributed by atoms with van der Waals surface area (Å²) in [5, 5.41) is 5.96. The number of rotatable bonds is 3. The third kappa shape index (κ3) is 2.62. The average Bonchev–Trinajstić information content (AvgIpc) is 3.02. The van der Waals surface area contributed by atoms with Gasteiger partial charge in [0.1, 0.15) is 5.00 Å². The van der Waals surface area contributed by atoms with Gasteiger partial charge in [0.2, 0.25) is 0 Å². The van der Waals surface area contributed by atoms with Crippen LogP contribution in [0.2, 0.25) is 0 Å². The van der Waals surface area contributed by atoms with Gasteiger partial charge in [0.25, 0.3) is 0 Å². The standard InChI is InChI=1S/C21H17NS/c1-16-13-14-23-21(16)22(19-9-3-2-4-10-19)20-12-11-17-7-5-6-8-18(17)15-20/h2-15H,1H3. The minimum absolute atomic E-state index is 1.19. The molecule has 4 rings (SSSR count). The number of benzene rings is 3. The van der Waals surface area contributed by atoms with Crippen LogP contribution in [-0.2, 0) is 0 Å². The van der Waals surface area contributed by atoms with Crippen molar-refractivity contribution in [2.45, 2.75) is 6.92 Å². The van der Waals surface area contributed by atoms with Crippen LogP contribution in [-0.4, -0.2) is 0 Å². The minimum Gasteiger partial charge on any atom is -0.302 e. The fourth-order valence-electron chi connectivity index (χ4n) is 2.87. The maximum atomic E-state index is 2.34. The van der Waals surface area contributed by atoms with Crippen molar-refractivity contribution >= 4 is 38.5 Å². The summed E-state index contributed by atoms with van der Waals surface area (Å²) in [5.41, 5.74) is 3.68. The van der Waals surface area contributed by atoms with Crippen molar-refractivity contribution < 1.29 is 0 Å². The monoisotopic (exact) mass is 315 g/mol. The van der Waals surface area contributed by atoms with E-state index in [2.05, 4.69) is 96.1 Å². The molecule has 2 heteroatoms. The molecule has 0 saturated heterocycles. The summed E-state index contributed by atoms with van der Waals surface area (Å²) in [6.07, 6.45) is 0. The summed E-state index contributed by atoms with van der Waals surface area (Å²) in [7, 11) is 0. The number of anilines is 3. The molecular weight excluding hydrogens is 298 g/mol. The number of aryl methyl sites for hydroxylation is 1. The highest BCUT2D eigenvalue weighted by molar-refractivity contribution is 7.14. The van der Waals surface area contributed by atoms with Crippen LogP contribution >= 0.6 is 11.3 Å². The molecule has 1 heterocycles. The number of para-hydroxylation sites is 1. The van der Waals surface area contributed by atoms with E-state index in [1.165, 1.54) is 32.7 Å². The lowest BCUT2D eigenvalue weighted by molar-refractivity contribution is 1.30. The van der Waals surface area contributed by atoms with E-state index in [1.54, 1.807) is 11.3 Å². The third-order valence-corrected chi connectivity index (χ3v) is 5.04. The Labute approximate surface area is 140 Å². The molecule has 0 bridgehead atoms. The van der Waals surface area contributed by atoms with Gasteiger partial charge in [-0.1, -0.05) is 48.5 Å². The van der Waals surface area contributed by atoms with Crippen molar-refractivity contribution in [2.24, 2.45) is 0 Å². The van der Waals surface area contributed by atoms with Gasteiger partial charge in [-0.25, -0.2) is 0 Å². The molecule has 0 amide bonds. The van der Waals surface area contributed by atoms with Gasteiger partial charge in [-0.15, -0.1) is 11.3 Å². The van der Waals surface area contributed by atoms with Crippen molar-refractivity contribution in [3.8, 4) is 0 Å². The molecule has 23 heavy (non-hydrogen) atoms. The Kier molecular flexibility index (Phi) is 3.60. The average molecular weight is 315 g/mol. The summed E-state index contributed by atoms with van der Waals surface area (Å²) in [4.78, 5) is 2.34. The second-order valence-corrected chi connectivity index (χ2v) is 6.51. The maximum Gasteiger partial charge on any atom is 0.103 e. The Morgan fingerprint density at radius 1 is 0.696 bits per heavy atom. The zero-order valence-corrected chi connectivity index (χ0v) is 13.8. The van der Waals surface area contributed by atoms with E-state index >= 15 is 0 Å². The number of fused-ring (bicyclic) bond motifs is 1. The topological polar surface area (TPSA) is 3.24 Å². The first-order valence-corrected chi connectivity index (χ1v) is 8.59. The van der Waals surface area contributed by atoms with E-state index in [4.69, 9.17) is 0 Å². The van der Waals surface area contributed by atoms with Crippen LogP contribution in [0.25, 0.3) is 10.8 Å². The molecule has 4 aromatic rings. The Hall–Kier alpha value is -2.58. The van der Waals surface area contributed by atoms with E-state index < -0.39 is 0 Å². The van der Waals surface area contributed by atoms with E-state index in [0.29, 0.717) is 0 Å². The summed E-state index contributed by atoms with van der Waals surface area (Å²) in [6.45, 7) is 2.17. The smallest absolute Gasteiger partial charge is 0.103 e. The molecule has 0 spiro atoms. The summed E-state index contributed by atoms with van der Waals surface area (Å²) in [6, 6.07) is 27.9. The van der Waals surface area contributed by atoms with Crippen LogP contribution in [0, 0.1) is 6.92 Å². The Balaban J connectivity index is 1.92. The molecule has 0 aliphatic carbocycles. The Bertz CT molecular complexity index is 940. The largest absolute Gasteiger partial charge is 0.302 e. The highest BCUT2D eigenvalue weighted by Crippen LogP contribution is 2.40. The van der Waals surface area contributed by atoms with Crippen LogP contribution < -0.4 is 4.90 Å². The lowest BCUT2D eigenvalue weighted by atomic mass is 10.1. The van der Waals surface area contributed by atoms with Crippen molar-refractivity contribution in [1.82, 2.24) is 0 Å². The summed E-state index contributed by atoms with van der Waals surface area (Å²) >= 11 is 1.78. The number of hydrogen-bond donors (Lipinski definition) is 0. The fraction of sp³-hybridized carbons (Fsp3) is 0.0476. The van der Waals surface area contributed by atoms with Crippen LogP contribution in [0.5, 0.6) is 0 Å². The van der Waals surface area contributed by atoms with Crippen molar-refractivity contribution in [2.75, 3.05) is 4.90 Å². The number of nitrogens with zero attached hydrogens (tertiary/aromatic N) is 1. The zero-order chi connectivity index (χ0) is 15.6.